The normalized spacial score (nSPS) is 16.9. The minimum absolute atomic E-state index is 0.110. The SMILES string of the molecule is O=C(Cn1cccn1)N1CCCC1CCc1noc(-c2ccccn2)n1. The molecule has 1 aliphatic heterocycles. The molecule has 0 bridgehead atoms. The van der Waals surface area contributed by atoms with Gasteiger partial charge in [0, 0.05) is 37.6 Å². The van der Waals surface area contributed by atoms with Crippen LogP contribution < -0.4 is 0 Å². The fourth-order valence-electron chi connectivity index (χ4n) is 3.33. The zero-order valence-electron chi connectivity index (χ0n) is 14.4. The molecule has 0 N–H and O–H groups in total. The highest BCUT2D eigenvalue weighted by atomic mass is 16.5. The lowest BCUT2D eigenvalue weighted by atomic mass is 10.1. The molecule has 0 spiro atoms. The monoisotopic (exact) mass is 352 g/mol. The number of carbonyl (C=O) groups is 1. The van der Waals surface area contributed by atoms with Crippen LogP contribution in [0.15, 0.2) is 47.4 Å². The molecule has 4 heterocycles. The first-order valence-corrected chi connectivity index (χ1v) is 8.80. The molecule has 1 unspecified atom stereocenters. The lowest BCUT2D eigenvalue weighted by Gasteiger charge is -2.24. The predicted octanol–water partition coefficient (Wildman–Crippen LogP) is 1.95. The summed E-state index contributed by atoms with van der Waals surface area (Å²) in [5.74, 6) is 1.19. The first-order valence-electron chi connectivity index (χ1n) is 8.80. The van der Waals surface area contributed by atoms with Crippen molar-refractivity contribution in [1.82, 2.24) is 29.8 Å². The number of amides is 1. The van der Waals surface area contributed by atoms with Gasteiger partial charge in [0.1, 0.15) is 12.2 Å². The van der Waals surface area contributed by atoms with Gasteiger partial charge in [0.2, 0.25) is 5.91 Å². The predicted molar refractivity (Wildman–Crippen MR) is 92.8 cm³/mol. The van der Waals surface area contributed by atoms with Crippen molar-refractivity contribution in [3.05, 3.63) is 48.7 Å². The molecule has 1 atom stereocenters. The highest BCUT2D eigenvalue weighted by Crippen LogP contribution is 2.22. The second kappa shape index (κ2) is 7.47. The minimum Gasteiger partial charge on any atom is -0.338 e. The summed E-state index contributed by atoms with van der Waals surface area (Å²) < 4.78 is 6.96. The molecule has 1 fully saturated rings. The van der Waals surface area contributed by atoms with Crippen molar-refractivity contribution in [2.45, 2.75) is 38.3 Å². The van der Waals surface area contributed by atoms with Gasteiger partial charge in [0.15, 0.2) is 5.82 Å². The topological polar surface area (TPSA) is 89.9 Å². The Morgan fingerprint density at radius 2 is 2.23 bits per heavy atom. The highest BCUT2D eigenvalue weighted by Gasteiger charge is 2.29. The van der Waals surface area contributed by atoms with Crippen molar-refractivity contribution in [2.24, 2.45) is 0 Å². The Hall–Kier alpha value is -3.03. The maximum Gasteiger partial charge on any atom is 0.276 e. The molecule has 134 valence electrons. The van der Waals surface area contributed by atoms with Gasteiger partial charge in [0.05, 0.1) is 0 Å². The standard InChI is InChI=1S/C18H20N6O2/c25-17(13-23-11-4-10-20-23)24-12-3-5-14(24)7-8-16-21-18(26-22-16)15-6-1-2-9-19-15/h1-2,4,6,9-11,14H,3,5,7-8,12-13H2. The van der Waals surface area contributed by atoms with E-state index in [0.717, 1.165) is 25.8 Å². The maximum atomic E-state index is 12.5. The average Bonchev–Trinajstić information content (AvgIpc) is 3.42. The van der Waals surface area contributed by atoms with Crippen molar-refractivity contribution in [2.75, 3.05) is 6.54 Å². The van der Waals surface area contributed by atoms with Crippen LogP contribution >= 0.6 is 0 Å². The maximum absolute atomic E-state index is 12.5. The molecule has 0 aliphatic carbocycles. The summed E-state index contributed by atoms with van der Waals surface area (Å²) in [6, 6.07) is 7.60. The van der Waals surface area contributed by atoms with Gasteiger partial charge in [-0.2, -0.15) is 10.1 Å². The summed E-state index contributed by atoms with van der Waals surface area (Å²) in [6.45, 7) is 1.09. The van der Waals surface area contributed by atoms with E-state index in [4.69, 9.17) is 4.52 Å². The van der Waals surface area contributed by atoms with E-state index in [0.29, 0.717) is 23.8 Å². The quantitative estimate of drug-likeness (QED) is 0.673. The molecular weight excluding hydrogens is 332 g/mol. The van der Waals surface area contributed by atoms with E-state index in [2.05, 4.69) is 20.2 Å². The molecule has 1 aliphatic rings. The Kier molecular flexibility index (Phi) is 4.72. The summed E-state index contributed by atoms with van der Waals surface area (Å²) in [6.07, 6.45) is 8.72. The van der Waals surface area contributed by atoms with E-state index >= 15 is 0 Å². The van der Waals surface area contributed by atoms with E-state index < -0.39 is 0 Å². The third kappa shape index (κ3) is 3.63. The van der Waals surface area contributed by atoms with Gasteiger partial charge in [-0.1, -0.05) is 11.2 Å². The van der Waals surface area contributed by atoms with E-state index in [1.165, 1.54) is 0 Å². The van der Waals surface area contributed by atoms with Crippen LogP contribution in [0.4, 0.5) is 0 Å². The molecule has 3 aromatic heterocycles. The largest absolute Gasteiger partial charge is 0.338 e. The number of aromatic nitrogens is 5. The van der Waals surface area contributed by atoms with Crippen molar-refractivity contribution in [1.29, 1.82) is 0 Å². The van der Waals surface area contributed by atoms with Gasteiger partial charge in [-0.15, -0.1) is 0 Å². The molecule has 8 nitrogen and oxygen atoms in total. The fourth-order valence-corrected chi connectivity index (χ4v) is 3.33. The Bertz CT molecular complexity index is 846. The first kappa shape index (κ1) is 16.4. The Morgan fingerprint density at radius 1 is 1.27 bits per heavy atom. The number of hydrogen-bond acceptors (Lipinski definition) is 6. The number of nitrogens with zero attached hydrogens (tertiary/aromatic N) is 6. The Morgan fingerprint density at radius 3 is 3.04 bits per heavy atom. The van der Waals surface area contributed by atoms with Gasteiger partial charge in [-0.05, 0) is 37.5 Å². The number of rotatable bonds is 6. The minimum atomic E-state index is 0.110. The van der Waals surface area contributed by atoms with Crippen LogP contribution in [0.5, 0.6) is 0 Å². The molecule has 8 heteroatoms. The van der Waals surface area contributed by atoms with E-state index in [1.54, 1.807) is 23.3 Å². The number of likely N-dealkylation sites (tertiary alicyclic amines) is 1. The molecule has 0 saturated carbocycles. The second-order valence-electron chi connectivity index (χ2n) is 6.36. The van der Waals surface area contributed by atoms with Crippen molar-refractivity contribution in [3.63, 3.8) is 0 Å². The van der Waals surface area contributed by atoms with Crippen LogP contribution in [0.1, 0.15) is 25.1 Å². The lowest BCUT2D eigenvalue weighted by Crippen LogP contribution is -2.38. The molecule has 26 heavy (non-hydrogen) atoms. The zero-order chi connectivity index (χ0) is 17.8. The summed E-state index contributed by atoms with van der Waals surface area (Å²) in [5, 5.41) is 8.15. The Labute approximate surface area is 150 Å². The number of hydrogen-bond donors (Lipinski definition) is 0. The summed E-state index contributed by atoms with van der Waals surface area (Å²) >= 11 is 0. The van der Waals surface area contributed by atoms with Gasteiger partial charge < -0.3 is 9.42 Å². The number of carbonyl (C=O) groups excluding carboxylic acids is 1. The van der Waals surface area contributed by atoms with Gasteiger partial charge in [-0.25, -0.2) is 0 Å². The van der Waals surface area contributed by atoms with E-state index in [9.17, 15) is 4.79 Å². The van der Waals surface area contributed by atoms with Gasteiger partial charge >= 0.3 is 0 Å². The Balaban J connectivity index is 1.35. The number of pyridine rings is 1. The lowest BCUT2D eigenvalue weighted by molar-refractivity contribution is -0.132. The van der Waals surface area contributed by atoms with Crippen molar-refractivity contribution < 1.29 is 9.32 Å². The summed E-state index contributed by atoms with van der Waals surface area (Å²) in [4.78, 5) is 23.1. The summed E-state index contributed by atoms with van der Waals surface area (Å²) in [5.41, 5.74) is 0.670. The molecule has 4 rings (SSSR count). The molecule has 0 aromatic carbocycles. The second-order valence-corrected chi connectivity index (χ2v) is 6.36. The molecule has 0 radical (unpaired) electrons. The van der Waals surface area contributed by atoms with E-state index in [1.807, 2.05) is 29.2 Å². The fraction of sp³-hybridized carbons (Fsp3) is 0.389. The average molecular weight is 352 g/mol. The van der Waals surface area contributed by atoms with Crippen LogP contribution in [0, 0.1) is 0 Å². The third-order valence-electron chi connectivity index (χ3n) is 4.61. The van der Waals surface area contributed by atoms with Gasteiger partial charge in [0.25, 0.3) is 5.89 Å². The zero-order valence-corrected chi connectivity index (χ0v) is 14.4. The molecule has 1 saturated heterocycles. The van der Waals surface area contributed by atoms with Crippen molar-refractivity contribution in [3.8, 4) is 11.6 Å². The van der Waals surface area contributed by atoms with Crippen LogP contribution in [-0.2, 0) is 17.8 Å². The smallest absolute Gasteiger partial charge is 0.276 e. The van der Waals surface area contributed by atoms with Crippen LogP contribution in [0.3, 0.4) is 0 Å². The van der Waals surface area contributed by atoms with E-state index in [-0.39, 0.29) is 18.5 Å². The van der Waals surface area contributed by atoms with Crippen LogP contribution in [0.25, 0.3) is 11.6 Å². The number of aryl methyl sites for hydroxylation is 1. The third-order valence-corrected chi connectivity index (χ3v) is 4.61. The van der Waals surface area contributed by atoms with Crippen molar-refractivity contribution >= 4 is 5.91 Å². The highest BCUT2D eigenvalue weighted by molar-refractivity contribution is 5.76. The molecule has 1 amide bonds. The summed E-state index contributed by atoms with van der Waals surface area (Å²) in [7, 11) is 0. The van der Waals surface area contributed by atoms with Gasteiger partial charge in [-0.3, -0.25) is 14.5 Å². The molecule has 3 aromatic rings. The molecular formula is C18H20N6O2. The van der Waals surface area contributed by atoms with Crippen LogP contribution in [0.2, 0.25) is 0 Å². The first-order chi connectivity index (χ1) is 12.8. The van der Waals surface area contributed by atoms with Crippen LogP contribution in [-0.4, -0.2) is 48.3 Å².